The van der Waals surface area contributed by atoms with Crippen molar-refractivity contribution in [2.45, 2.75) is 77.9 Å². The molecule has 6 heterocycles. The number of nitriles is 1. The fraction of sp³-hybridized carbons (Fsp3) is 0.514. The molecular formula is C35H40FN7O2S. The van der Waals surface area contributed by atoms with Crippen molar-refractivity contribution in [3.63, 3.8) is 0 Å². The molecule has 0 aliphatic carbocycles. The summed E-state index contributed by atoms with van der Waals surface area (Å²) in [7, 11) is 0. The van der Waals surface area contributed by atoms with Crippen LogP contribution in [-0.4, -0.2) is 70.9 Å². The molecule has 2 bridgehead atoms. The van der Waals surface area contributed by atoms with Crippen LogP contribution in [0.2, 0.25) is 0 Å². The van der Waals surface area contributed by atoms with Crippen molar-refractivity contribution in [2.75, 3.05) is 48.3 Å². The Balaban J connectivity index is 1.42. The Hall–Kier alpha value is -3.56. The van der Waals surface area contributed by atoms with E-state index in [1.54, 1.807) is 6.07 Å². The predicted octanol–water partition coefficient (Wildman–Crippen LogP) is 5.58. The molecule has 0 saturated carbocycles. The number of rotatable bonds is 6. The molecule has 4 aliphatic heterocycles. The van der Waals surface area contributed by atoms with Gasteiger partial charge in [0.05, 0.1) is 30.4 Å². The highest BCUT2D eigenvalue weighted by atomic mass is 32.1. The number of benzene rings is 2. The van der Waals surface area contributed by atoms with E-state index in [1.165, 1.54) is 17.4 Å². The molecule has 2 aromatic carbocycles. The summed E-state index contributed by atoms with van der Waals surface area (Å²) in [6.07, 6.45) is 3.49. The van der Waals surface area contributed by atoms with E-state index in [1.807, 2.05) is 6.92 Å². The Morgan fingerprint density at radius 3 is 2.54 bits per heavy atom. The van der Waals surface area contributed by atoms with E-state index in [4.69, 9.17) is 20.4 Å². The Morgan fingerprint density at radius 2 is 1.87 bits per heavy atom. The fourth-order valence-electron chi connectivity index (χ4n) is 8.60. The minimum Gasteiger partial charge on any atom is -0.392 e. The average Bonchev–Trinajstić information content (AvgIpc) is 3.80. The Kier molecular flexibility index (Phi) is 7.33. The van der Waals surface area contributed by atoms with Crippen molar-refractivity contribution < 1.29 is 14.2 Å². The molecule has 0 spiro atoms. The number of fused-ring (bicyclic) bond motifs is 6. The summed E-state index contributed by atoms with van der Waals surface area (Å²) >= 11 is 1.32. The van der Waals surface area contributed by atoms with Crippen molar-refractivity contribution in [1.82, 2.24) is 14.9 Å². The summed E-state index contributed by atoms with van der Waals surface area (Å²) < 4.78 is 23.2. The molecule has 2 aromatic heterocycles. The Morgan fingerprint density at radius 1 is 1.11 bits per heavy atom. The number of likely N-dealkylation sites (tertiary alicyclic amines) is 1. The highest BCUT2D eigenvalue weighted by molar-refractivity contribution is 7.23. The van der Waals surface area contributed by atoms with E-state index in [-0.39, 0.29) is 24.0 Å². The molecule has 240 valence electrons. The number of aliphatic hydroxyl groups is 1. The maximum Gasteiger partial charge on any atom is 0.227 e. The maximum atomic E-state index is 16.2. The van der Waals surface area contributed by atoms with Gasteiger partial charge in [-0.15, -0.1) is 11.3 Å². The number of halogens is 1. The van der Waals surface area contributed by atoms with Crippen LogP contribution in [0.3, 0.4) is 0 Å². The van der Waals surface area contributed by atoms with Gasteiger partial charge in [-0.3, -0.25) is 4.90 Å². The Labute approximate surface area is 272 Å². The zero-order valence-corrected chi connectivity index (χ0v) is 27.5. The quantitative estimate of drug-likeness (QED) is 0.279. The molecule has 4 unspecified atom stereocenters. The highest BCUT2D eigenvalue weighted by Crippen LogP contribution is 2.50. The number of nitrogens with two attached hydrogens (primary N) is 1. The molecule has 46 heavy (non-hydrogen) atoms. The molecule has 4 atom stereocenters. The molecule has 0 amide bonds. The summed E-state index contributed by atoms with van der Waals surface area (Å²) in [5.41, 5.74) is 11.6. The first-order chi connectivity index (χ1) is 22.3. The molecule has 3 fully saturated rings. The van der Waals surface area contributed by atoms with Crippen LogP contribution in [0.1, 0.15) is 62.3 Å². The third kappa shape index (κ3) is 4.56. The number of piperazine rings is 1. The first-order valence-corrected chi connectivity index (χ1v) is 17.4. The lowest BCUT2D eigenvalue weighted by Gasteiger charge is -2.43. The summed E-state index contributed by atoms with van der Waals surface area (Å²) in [6.45, 7) is 11.2. The second-order valence-corrected chi connectivity index (χ2v) is 14.8. The first-order valence-electron chi connectivity index (χ1n) is 16.6. The molecule has 9 nitrogen and oxygen atoms in total. The SMILES string of the molecule is CCc1c(-c2c(F)ccc3sc(N)c(C#N)c23)c2c(c3c(N4C5CCC4CN(CC(C)O)C5)nc(N4CCC(C)C4)nc13)COC2. The van der Waals surface area contributed by atoms with Crippen LogP contribution < -0.4 is 15.5 Å². The minimum atomic E-state index is -0.375. The lowest BCUT2D eigenvalue weighted by atomic mass is 9.85. The summed E-state index contributed by atoms with van der Waals surface area (Å²) in [5.74, 6) is 1.87. The number of thiophene rings is 1. The second kappa shape index (κ2) is 11.3. The number of anilines is 3. The fourth-order valence-corrected chi connectivity index (χ4v) is 9.53. The zero-order valence-electron chi connectivity index (χ0n) is 26.6. The number of aromatic nitrogens is 2. The number of hydrogen-bond acceptors (Lipinski definition) is 10. The standard InChI is InChI=1S/C35H40FN7O2S/c1-4-22-28(31-26(36)7-8-27-29(31)23(11-37)33(38)46-27)24-16-45-17-25(24)30-32(22)39-35(42-10-9-18(2)12-42)40-34(30)43-20-5-6-21(43)15-41(14-20)13-19(3)44/h7-8,18-21,44H,4-6,9-10,12-17,38H2,1-3H3. The topological polar surface area (TPSA) is 115 Å². The van der Waals surface area contributed by atoms with Gasteiger partial charge in [0.2, 0.25) is 5.95 Å². The van der Waals surface area contributed by atoms with Gasteiger partial charge in [-0.25, -0.2) is 9.37 Å². The minimum absolute atomic E-state index is 0.279. The zero-order chi connectivity index (χ0) is 31.9. The van der Waals surface area contributed by atoms with Crippen LogP contribution in [-0.2, 0) is 24.4 Å². The van der Waals surface area contributed by atoms with Gasteiger partial charge in [0, 0.05) is 65.8 Å². The number of aryl methyl sites for hydroxylation is 1. The third-order valence-electron chi connectivity index (χ3n) is 10.5. The number of hydrogen-bond donors (Lipinski definition) is 2. The van der Waals surface area contributed by atoms with Gasteiger partial charge in [-0.2, -0.15) is 10.2 Å². The molecule has 3 saturated heterocycles. The van der Waals surface area contributed by atoms with Gasteiger partial charge in [0.25, 0.3) is 0 Å². The van der Waals surface area contributed by atoms with Crippen LogP contribution in [0, 0.1) is 23.1 Å². The first kappa shape index (κ1) is 29.8. The van der Waals surface area contributed by atoms with Gasteiger partial charge < -0.3 is 25.4 Å². The summed E-state index contributed by atoms with van der Waals surface area (Å²) in [5, 5.41) is 22.3. The molecule has 11 heteroatoms. The van der Waals surface area contributed by atoms with Gasteiger partial charge in [0.1, 0.15) is 22.7 Å². The van der Waals surface area contributed by atoms with Crippen LogP contribution in [0.25, 0.3) is 32.1 Å². The molecule has 0 radical (unpaired) electrons. The highest BCUT2D eigenvalue weighted by Gasteiger charge is 2.43. The van der Waals surface area contributed by atoms with E-state index < -0.39 is 0 Å². The average molecular weight is 642 g/mol. The van der Waals surface area contributed by atoms with E-state index in [2.05, 4.69) is 34.6 Å². The van der Waals surface area contributed by atoms with Crippen LogP contribution in [0.15, 0.2) is 12.1 Å². The van der Waals surface area contributed by atoms with E-state index >= 15 is 4.39 Å². The lowest BCUT2D eigenvalue weighted by molar-refractivity contribution is 0.111. The number of aliphatic hydroxyl groups excluding tert-OH is 1. The second-order valence-electron chi connectivity index (χ2n) is 13.7. The maximum absolute atomic E-state index is 16.2. The van der Waals surface area contributed by atoms with Crippen molar-refractivity contribution in [1.29, 1.82) is 5.26 Å². The molecule has 8 rings (SSSR count). The van der Waals surface area contributed by atoms with Crippen molar-refractivity contribution in [2.24, 2.45) is 5.92 Å². The van der Waals surface area contributed by atoms with Crippen molar-refractivity contribution >= 4 is 49.1 Å². The summed E-state index contributed by atoms with van der Waals surface area (Å²) in [4.78, 5) is 18.0. The monoisotopic (exact) mass is 641 g/mol. The number of β-amino-alcohol motifs (C(OH)–C–C–N with tert-alkyl or cyclic N) is 1. The van der Waals surface area contributed by atoms with Gasteiger partial charge >= 0.3 is 0 Å². The van der Waals surface area contributed by atoms with Gasteiger partial charge in [-0.05, 0) is 72.9 Å². The van der Waals surface area contributed by atoms with Gasteiger partial charge in [-0.1, -0.05) is 13.8 Å². The van der Waals surface area contributed by atoms with E-state index in [0.717, 1.165) is 95.1 Å². The predicted molar refractivity (Wildman–Crippen MR) is 181 cm³/mol. The molecule has 3 N–H and O–H groups in total. The normalized spacial score (nSPS) is 23.5. The third-order valence-corrected chi connectivity index (χ3v) is 11.5. The number of nitrogens with zero attached hydrogens (tertiary/aromatic N) is 6. The Bertz CT molecular complexity index is 1910. The number of nitrogen functional groups attached to an aromatic ring is 1. The van der Waals surface area contributed by atoms with Gasteiger partial charge in [0.15, 0.2) is 0 Å². The largest absolute Gasteiger partial charge is 0.392 e. The molecule has 4 aromatic rings. The van der Waals surface area contributed by atoms with Crippen LogP contribution in [0.4, 0.5) is 21.2 Å². The van der Waals surface area contributed by atoms with Crippen LogP contribution >= 0.6 is 11.3 Å². The van der Waals surface area contributed by atoms with Crippen molar-refractivity contribution in [3.8, 4) is 17.2 Å². The molecule has 4 aliphatic rings. The van der Waals surface area contributed by atoms with Crippen molar-refractivity contribution in [3.05, 3.63) is 40.2 Å². The lowest BCUT2D eigenvalue weighted by Crippen LogP contribution is -2.55. The summed E-state index contributed by atoms with van der Waals surface area (Å²) in [6, 6.07) is 6.04. The smallest absolute Gasteiger partial charge is 0.227 e. The molecular weight excluding hydrogens is 601 g/mol. The van der Waals surface area contributed by atoms with E-state index in [0.29, 0.717) is 53.6 Å². The number of ether oxygens (including phenoxy) is 1. The van der Waals surface area contributed by atoms with E-state index in [9.17, 15) is 10.4 Å². The van der Waals surface area contributed by atoms with Crippen LogP contribution in [0.5, 0.6) is 0 Å².